The summed E-state index contributed by atoms with van der Waals surface area (Å²) in [5.74, 6) is -4.91. The van der Waals surface area contributed by atoms with Crippen LogP contribution in [0.1, 0.15) is 43.7 Å². The maximum atomic E-state index is 16.0. The molecule has 0 aromatic heterocycles. The van der Waals surface area contributed by atoms with Gasteiger partial charge in [-0.2, -0.15) is 0 Å². The normalized spacial score (nSPS) is 24.4. The van der Waals surface area contributed by atoms with Crippen molar-refractivity contribution in [1.29, 1.82) is 0 Å². The zero-order chi connectivity index (χ0) is 33.4. The molecule has 5 aromatic carbocycles. The molecule has 1 saturated heterocycles. The van der Waals surface area contributed by atoms with Crippen molar-refractivity contribution >= 4 is 40.4 Å². The Bertz CT molecular complexity index is 2060. The van der Waals surface area contributed by atoms with E-state index in [2.05, 4.69) is 0 Å². The Morgan fingerprint density at radius 2 is 1.02 bits per heavy atom. The zero-order valence-electron chi connectivity index (χ0n) is 26.3. The van der Waals surface area contributed by atoms with Crippen LogP contribution in [0.25, 0.3) is 11.1 Å². The highest BCUT2D eigenvalue weighted by Gasteiger charge is 2.82. The highest BCUT2D eigenvalue weighted by atomic mass is 16.4. The molecule has 2 aliphatic carbocycles. The SMILES string of the molecule is Cc1ccc(C2=C(c3ccc(C)cc3)[C@@]3(c4ccccc4)C(=O)[C@]2(c2ccccc2)[C@H]2C(=O)N(c4cccc(C(=O)[O-])c4)C(=O)[C@@H]23)cc1. The third-order valence-corrected chi connectivity index (χ3v) is 10.5. The molecule has 6 nitrogen and oxygen atoms in total. The molecule has 48 heavy (non-hydrogen) atoms. The molecule has 0 unspecified atom stereocenters. The van der Waals surface area contributed by atoms with Crippen molar-refractivity contribution in [2.45, 2.75) is 24.7 Å². The molecule has 0 N–H and O–H groups in total. The summed E-state index contributed by atoms with van der Waals surface area (Å²) in [6.45, 7) is 3.99. The second kappa shape index (κ2) is 10.6. The topological polar surface area (TPSA) is 94.6 Å². The number of rotatable bonds is 6. The average Bonchev–Trinajstić information content (AvgIpc) is 3.62. The van der Waals surface area contributed by atoms with Crippen LogP contribution in [0.4, 0.5) is 5.69 Å². The lowest BCUT2D eigenvalue weighted by molar-refractivity contribution is -0.255. The summed E-state index contributed by atoms with van der Waals surface area (Å²) in [5, 5.41) is 11.9. The number of benzene rings is 5. The van der Waals surface area contributed by atoms with Crippen LogP contribution in [0.3, 0.4) is 0 Å². The summed E-state index contributed by atoms with van der Waals surface area (Å²) in [6, 6.07) is 40.3. The number of hydrogen-bond donors (Lipinski definition) is 0. The zero-order valence-corrected chi connectivity index (χ0v) is 26.3. The van der Waals surface area contributed by atoms with Gasteiger partial charge in [0.25, 0.3) is 0 Å². The van der Waals surface area contributed by atoms with Crippen LogP contribution in [0, 0.1) is 25.7 Å². The fourth-order valence-electron chi connectivity index (χ4n) is 8.59. The van der Waals surface area contributed by atoms with E-state index in [4.69, 9.17) is 0 Å². The second-order valence-electron chi connectivity index (χ2n) is 13.0. The molecule has 2 bridgehead atoms. The van der Waals surface area contributed by atoms with E-state index in [1.165, 1.54) is 18.2 Å². The lowest BCUT2D eigenvalue weighted by Gasteiger charge is -2.39. The number of amides is 2. The van der Waals surface area contributed by atoms with Crippen molar-refractivity contribution in [3.05, 3.63) is 172 Å². The number of carbonyl (C=O) groups excluding carboxylic acids is 4. The van der Waals surface area contributed by atoms with Crippen LogP contribution < -0.4 is 10.0 Å². The molecule has 8 rings (SSSR count). The van der Waals surface area contributed by atoms with Gasteiger partial charge in [0.1, 0.15) is 0 Å². The molecule has 2 fully saturated rings. The molecule has 6 heteroatoms. The number of Topliss-reactive ketones (excluding diaryl/α,β-unsaturated/α-hetero) is 1. The number of hydrogen-bond acceptors (Lipinski definition) is 5. The minimum Gasteiger partial charge on any atom is -0.545 e. The number of aromatic carboxylic acids is 1. The number of nitrogens with zero attached hydrogens (tertiary/aromatic N) is 1. The Labute approximate surface area is 278 Å². The van der Waals surface area contributed by atoms with E-state index in [0.717, 1.165) is 27.2 Å². The molecule has 1 heterocycles. The van der Waals surface area contributed by atoms with Gasteiger partial charge in [-0.25, -0.2) is 4.90 Å². The number of anilines is 1. The number of carboxylic acids is 1. The lowest BCUT2D eigenvalue weighted by Crippen LogP contribution is -2.45. The summed E-state index contributed by atoms with van der Waals surface area (Å²) in [5.41, 5.74) is 3.26. The molecule has 234 valence electrons. The molecular weight excluding hydrogens is 598 g/mol. The monoisotopic (exact) mass is 628 g/mol. The van der Waals surface area contributed by atoms with E-state index in [1.807, 2.05) is 123 Å². The number of carbonyl (C=O) groups is 4. The van der Waals surface area contributed by atoms with E-state index >= 15 is 14.4 Å². The quantitative estimate of drug-likeness (QED) is 0.220. The van der Waals surface area contributed by atoms with Gasteiger partial charge in [-0.15, -0.1) is 0 Å². The first kappa shape index (κ1) is 29.5. The van der Waals surface area contributed by atoms with Crippen LogP contribution >= 0.6 is 0 Å². The van der Waals surface area contributed by atoms with Gasteiger partial charge in [-0.05, 0) is 64.9 Å². The van der Waals surface area contributed by atoms with Gasteiger partial charge in [-0.1, -0.05) is 132 Å². The molecule has 0 radical (unpaired) electrons. The van der Waals surface area contributed by atoms with Crippen molar-refractivity contribution in [1.82, 2.24) is 0 Å². The van der Waals surface area contributed by atoms with Gasteiger partial charge in [0.2, 0.25) is 11.8 Å². The molecule has 3 aliphatic rings. The first-order chi connectivity index (χ1) is 23.2. The summed E-state index contributed by atoms with van der Waals surface area (Å²) < 4.78 is 0. The summed E-state index contributed by atoms with van der Waals surface area (Å²) in [6.07, 6.45) is 0. The number of imide groups is 1. The van der Waals surface area contributed by atoms with Gasteiger partial charge in [0.05, 0.1) is 34.3 Å². The van der Waals surface area contributed by atoms with Crippen molar-refractivity contribution < 1.29 is 24.3 Å². The van der Waals surface area contributed by atoms with Crippen LogP contribution in [-0.4, -0.2) is 23.6 Å². The van der Waals surface area contributed by atoms with Gasteiger partial charge >= 0.3 is 0 Å². The van der Waals surface area contributed by atoms with Crippen molar-refractivity contribution in [3.63, 3.8) is 0 Å². The van der Waals surface area contributed by atoms with Crippen LogP contribution in [-0.2, 0) is 25.2 Å². The van der Waals surface area contributed by atoms with Gasteiger partial charge in [0, 0.05) is 0 Å². The minimum atomic E-state index is -1.54. The fraction of sp³-hybridized carbons (Fsp3) is 0.143. The van der Waals surface area contributed by atoms with Gasteiger partial charge in [-0.3, -0.25) is 14.4 Å². The van der Waals surface area contributed by atoms with Crippen LogP contribution in [0.5, 0.6) is 0 Å². The van der Waals surface area contributed by atoms with Crippen molar-refractivity contribution in [2.24, 2.45) is 11.8 Å². The molecule has 1 saturated carbocycles. The van der Waals surface area contributed by atoms with E-state index in [-0.39, 0.29) is 17.0 Å². The lowest BCUT2D eigenvalue weighted by atomic mass is 9.59. The summed E-state index contributed by atoms with van der Waals surface area (Å²) >= 11 is 0. The highest BCUT2D eigenvalue weighted by molar-refractivity contribution is 6.39. The average molecular weight is 629 g/mol. The van der Waals surface area contributed by atoms with Gasteiger partial charge < -0.3 is 9.90 Å². The minimum absolute atomic E-state index is 0.133. The van der Waals surface area contributed by atoms with E-state index in [0.29, 0.717) is 22.3 Å². The molecular formula is C42H30NO5-. The van der Waals surface area contributed by atoms with Gasteiger partial charge in [0.15, 0.2) is 5.78 Å². The summed E-state index contributed by atoms with van der Waals surface area (Å²) in [7, 11) is 0. The number of carboxylic acid groups (broad SMARTS) is 1. The predicted molar refractivity (Wildman–Crippen MR) is 181 cm³/mol. The van der Waals surface area contributed by atoms with Crippen LogP contribution in [0.15, 0.2) is 133 Å². The molecule has 2 amide bonds. The summed E-state index contributed by atoms with van der Waals surface area (Å²) in [4.78, 5) is 59.0. The first-order valence-corrected chi connectivity index (χ1v) is 16.0. The predicted octanol–water partition coefficient (Wildman–Crippen LogP) is 5.86. The Kier molecular flexibility index (Phi) is 6.50. The number of allylic oxidation sites excluding steroid dienone is 2. The number of ketones is 1. The standard InChI is InChI=1S/C42H31NO5/c1-25-16-20-27(21-17-25)33-34(28-22-18-26(2)19-23-28)42(31-13-7-4-8-14-31)36-35(41(33,40(42)48)30-11-5-3-6-12-30)37(44)43(38(36)45)32-15-9-10-29(24-32)39(46)47/h3-24,35-36H,1-2H3,(H,46,47)/p-1/t35-,36-,41-,42+/m1/s1. The number of fused-ring (bicyclic) bond motifs is 5. The van der Waals surface area contributed by atoms with Crippen molar-refractivity contribution in [2.75, 3.05) is 4.90 Å². The molecule has 1 aliphatic heterocycles. The van der Waals surface area contributed by atoms with Crippen LogP contribution in [0.2, 0.25) is 0 Å². The Morgan fingerprint density at radius 3 is 1.44 bits per heavy atom. The fourth-order valence-corrected chi connectivity index (χ4v) is 8.59. The largest absolute Gasteiger partial charge is 0.545 e. The van der Waals surface area contributed by atoms with E-state index in [1.54, 1.807) is 6.07 Å². The Hall–Kier alpha value is -5.88. The molecule has 0 spiro atoms. The third-order valence-electron chi connectivity index (χ3n) is 10.5. The smallest absolute Gasteiger partial charge is 0.239 e. The van der Waals surface area contributed by atoms with E-state index < -0.39 is 40.4 Å². The van der Waals surface area contributed by atoms with E-state index in [9.17, 15) is 9.90 Å². The molecule has 4 atom stereocenters. The first-order valence-electron chi connectivity index (χ1n) is 16.0. The third kappa shape index (κ3) is 3.74. The maximum Gasteiger partial charge on any atom is 0.239 e. The molecule has 5 aromatic rings. The van der Waals surface area contributed by atoms with Crippen molar-refractivity contribution in [3.8, 4) is 0 Å². The Morgan fingerprint density at radius 1 is 0.583 bits per heavy atom. The maximum absolute atomic E-state index is 16.0. The highest BCUT2D eigenvalue weighted by Crippen LogP contribution is 2.74. The Balaban J connectivity index is 1.54. The second-order valence-corrected chi connectivity index (χ2v) is 13.0. The number of aryl methyl sites for hydroxylation is 2.